The van der Waals surface area contributed by atoms with Crippen LogP contribution in [0.15, 0.2) is 164 Å². The minimum absolute atomic E-state index is 0.0998. The molecule has 8 nitrogen and oxygen atoms in total. The average molecular weight is 655 g/mol. The highest BCUT2D eigenvalue weighted by Gasteiger charge is 2.11. The van der Waals surface area contributed by atoms with Crippen LogP contribution in [0.3, 0.4) is 0 Å². The van der Waals surface area contributed by atoms with Crippen molar-refractivity contribution in [2.45, 2.75) is 16.2 Å². The average Bonchev–Trinajstić information content (AvgIpc) is 3.13. The second-order valence-electron chi connectivity index (χ2n) is 10.4. The fourth-order valence-corrected chi connectivity index (χ4v) is 7.21. The van der Waals surface area contributed by atoms with E-state index in [9.17, 15) is 9.81 Å². The molecule has 0 heterocycles. The summed E-state index contributed by atoms with van der Waals surface area (Å²) in [4.78, 5) is 25.6. The van der Waals surface area contributed by atoms with Crippen LogP contribution in [0.5, 0.6) is 0 Å². The summed E-state index contributed by atoms with van der Waals surface area (Å²) in [6, 6.07) is 43.0. The SMILES string of the molecule is O=N/C(=N\Nc1ccccc1SCCCSc1ccccc1N/N=C(\N=O)c1cccc2ccccc12)c1cccc2ccccc12. The first kappa shape index (κ1) is 31.7. The third-order valence-corrected chi connectivity index (χ3v) is 9.70. The molecule has 2 N–H and O–H groups in total. The molecular formula is C37H30N6O2S2. The smallest absolute Gasteiger partial charge is 0.223 e. The van der Waals surface area contributed by atoms with E-state index >= 15 is 0 Å². The van der Waals surface area contributed by atoms with E-state index in [-0.39, 0.29) is 11.7 Å². The van der Waals surface area contributed by atoms with Crippen molar-refractivity contribution in [2.24, 2.45) is 20.6 Å². The van der Waals surface area contributed by atoms with Gasteiger partial charge < -0.3 is 0 Å². The zero-order valence-electron chi connectivity index (χ0n) is 25.2. The van der Waals surface area contributed by atoms with E-state index in [1.165, 1.54) is 0 Å². The van der Waals surface area contributed by atoms with Gasteiger partial charge in [-0.15, -0.1) is 33.3 Å². The fraction of sp³-hybridized carbons (Fsp3) is 0.0811. The Hall–Kier alpha value is -5.32. The van der Waals surface area contributed by atoms with Crippen LogP contribution < -0.4 is 10.9 Å². The van der Waals surface area contributed by atoms with Gasteiger partial charge in [-0.3, -0.25) is 10.9 Å². The van der Waals surface area contributed by atoms with Crippen molar-refractivity contribution < 1.29 is 0 Å². The minimum atomic E-state index is 0.0998. The molecule has 6 aromatic carbocycles. The summed E-state index contributed by atoms with van der Waals surface area (Å²) in [6.07, 6.45) is 0.943. The van der Waals surface area contributed by atoms with Crippen molar-refractivity contribution >= 4 is 68.1 Å². The van der Waals surface area contributed by atoms with Crippen molar-refractivity contribution in [1.82, 2.24) is 0 Å². The predicted molar refractivity (Wildman–Crippen MR) is 199 cm³/mol. The van der Waals surface area contributed by atoms with E-state index in [0.29, 0.717) is 11.1 Å². The standard InChI is InChI=1S/C37H30N6O2S2/c44-42-36(30-18-9-14-26-12-1-3-16-28(26)30)40-38-32-20-5-7-22-34(32)46-24-11-25-47-35-23-8-6-21-33(35)39-41-37(43-45)31-19-10-15-27-13-2-4-17-29(27)31/h1-10,12-23,38-39H,11,24-25H2/b40-36-,41-37-. The first-order valence-electron chi connectivity index (χ1n) is 15.0. The van der Waals surface area contributed by atoms with Gasteiger partial charge in [0.2, 0.25) is 11.7 Å². The molecule has 6 aromatic rings. The van der Waals surface area contributed by atoms with Gasteiger partial charge in [-0.05, 0) is 74.1 Å². The van der Waals surface area contributed by atoms with Crippen molar-refractivity contribution in [2.75, 3.05) is 22.4 Å². The second kappa shape index (κ2) is 15.8. The Morgan fingerprint density at radius 1 is 0.489 bits per heavy atom. The summed E-state index contributed by atoms with van der Waals surface area (Å²) in [5, 5.41) is 19.1. The van der Waals surface area contributed by atoms with Crippen molar-refractivity contribution in [3.8, 4) is 0 Å². The third-order valence-electron chi connectivity index (χ3n) is 7.38. The van der Waals surface area contributed by atoms with Crippen molar-refractivity contribution in [3.63, 3.8) is 0 Å². The molecule has 0 spiro atoms. The lowest BCUT2D eigenvalue weighted by Crippen LogP contribution is -2.02. The number of nitroso groups, excluding NO2 is 2. The van der Waals surface area contributed by atoms with E-state index in [4.69, 9.17) is 0 Å². The Morgan fingerprint density at radius 2 is 0.894 bits per heavy atom. The van der Waals surface area contributed by atoms with Gasteiger partial charge in [-0.25, -0.2) is 0 Å². The molecule has 0 bridgehead atoms. The van der Waals surface area contributed by atoms with Crippen molar-refractivity contribution in [1.29, 1.82) is 0 Å². The predicted octanol–water partition coefficient (Wildman–Crippen LogP) is 10.3. The Balaban J connectivity index is 1.06. The minimum Gasteiger partial charge on any atom is -0.275 e. The number of benzene rings is 6. The highest BCUT2D eigenvalue weighted by Crippen LogP contribution is 2.31. The van der Waals surface area contributed by atoms with Gasteiger partial charge in [0.1, 0.15) is 0 Å². The maximum atomic E-state index is 11.8. The molecule has 0 unspecified atom stereocenters. The number of hydrogen-bond donors (Lipinski definition) is 2. The number of para-hydroxylation sites is 2. The lowest BCUT2D eigenvalue weighted by molar-refractivity contribution is 1.12. The number of nitrogens with zero attached hydrogens (tertiary/aromatic N) is 4. The number of amidine groups is 2. The number of hydrogen-bond acceptors (Lipinski definition) is 8. The Kier molecular flexibility index (Phi) is 10.6. The van der Waals surface area contributed by atoms with E-state index < -0.39 is 0 Å². The number of nitrogens with one attached hydrogen (secondary N) is 2. The van der Waals surface area contributed by atoms with E-state index in [2.05, 4.69) is 31.4 Å². The van der Waals surface area contributed by atoms with Crippen LogP contribution in [0.25, 0.3) is 21.5 Å². The molecule has 47 heavy (non-hydrogen) atoms. The highest BCUT2D eigenvalue weighted by molar-refractivity contribution is 8.00. The lowest BCUT2D eigenvalue weighted by Gasteiger charge is -2.11. The highest BCUT2D eigenvalue weighted by atomic mass is 32.2. The summed E-state index contributed by atoms with van der Waals surface area (Å²) >= 11 is 3.44. The second-order valence-corrected chi connectivity index (χ2v) is 12.6. The summed E-state index contributed by atoms with van der Waals surface area (Å²) in [7, 11) is 0. The number of thioether (sulfide) groups is 2. The topological polar surface area (TPSA) is 108 Å². The number of anilines is 2. The van der Waals surface area contributed by atoms with E-state index in [1.807, 2.05) is 133 Å². The molecule has 10 heteroatoms. The Bertz CT molecular complexity index is 1940. The van der Waals surface area contributed by atoms with E-state index in [1.54, 1.807) is 23.5 Å². The molecular weight excluding hydrogens is 625 g/mol. The zero-order valence-corrected chi connectivity index (χ0v) is 26.9. The summed E-state index contributed by atoms with van der Waals surface area (Å²) in [6.45, 7) is 0. The normalized spacial score (nSPS) is 11.8. The van der Waals surface area contributed by atoms with Crippen LogP contribution in [0.4, 0.5) is 11.4 Å². The number of rotatable bonds is 12. The third kappa shape index (κ3) is 7.74. The Labute approximate surface area is 280 Å². The molecule has 0 saturated carbocycles. The van der Waals surface area contributed by atoms with Gasteiger partial charge in [0.05, 0.1) is 11.4 Å². The molecule has 0 aliphatic rings. The van der Waals surface area contributed by atoms with Crippen LogP contribution in [0.1, 0.15) is 17.5 Å². The Morgan fingerprint density at radius 3 is 1.36 bits per heavy atom. The van der Waals surface area contributed by atoms with Gasteiger partial charge in [-0.1, -0.05) is 109 Å². The van der Waals surface area contributed by atoms with Crippen LogP contribution >= 0.6 is 23.5 Å². The molecule has 0 aliphatic heterocycles. The molecule has 232 valence electrons. The number of hydrazone groups is 2. The molecule has 0 amide bonds. The lowest BCUT2D eigenvalue weighted by atomic mass is 10.0. The molecule has 0 saturated heterocycles. The number of fused-ring (bicyclic) bond motifs is 2. The fourth-order valence-electron chi connectivity index (χ4n) is 5.12. The van der Waals surface area contributed by atoms with E-state index in [0.717, 1.165) is 60.6 Å². The summed E-state index contributed by atoms with van der Waals surface area (Å²) in [5.74, 6) is 1.96. The largest absolute Gasteiger partial charge is 0.275 e. The van der Waals surface area contributed by atoms with Gasteiger partial charge in [0, 0.05) is 20.9 Å². The summed E-state index contributed by atoms with van der Waals surface area (Å²) < 4.78 is 0. The van der Waals surface area contributed by atoms with Crippen molar-refractivity contribution in [3.05, 3.63) is 154 Å². The van der Waals surface area contributed by atoms with Gasteiger partial charge in [-0.2, -0.15) is 10.2 Å². The first-order valence-corrected chi connectivity index (χ1v) is 17.0. The van der Waals surface area contributed by atoms with Crippen LogP contribution in [0, 0.1) is 9.81 Å². The molecule has 0 fully saturated rings. The maximum Gasteiger partial charge on any atom is 0.223 e. The van der Waals surface area contributed by atoms with Gasteiger partial charge in [0.25, 0.3) is 0 Å². The first-order chi connectivity index (χ1) is 23.2. The summed E-state index contributed by atoms with van der Waals surface area (Å²) in [5.41, 5.74) is 9.12. The molecule has 0 aliphatic carbocycles. The van der Waals surface area contributed by atoms with Gasteiger partial charge >= 0.3 is 0 Å². The monoisotopic (exact) mass is 654 g/mol. The van der Waals surface area contributed by atoms with Crippen LogP contribution in [0.2, 0.25) is 0 Å². The van der Waals surface area contributed by atoms with Crippen LogP contribution in [-0.4, -0.2) is 23.2 Å². The molecule has 6 rings (SSSR count). The van der Waals surface area contributed by atoms with Gasteiger partial charge in [0.15, 0.2) is 0 Å². The quantitative estimate of drug-likeness (QED) is 0.0340. The molecule has 0 aromatic heterocycles. The molecule has 0 atom stereocenters. The zero-order chi connectivity index (χ0) is 32.3. The maximum absolute atomic E-state index is 11.8. The van der Waals surface area contributed by atoms with Crippen LogP contribution in [-0.2, 0) is 0 Å². The molecule has 0 radical (unpaired) electrons.